The zero-order chi connectivity index (χ0) is 11.1. The van der Waals surface area contributed by atoms with Gasteiger partial charge in [-0.2, -0.15) is 0 Å². The first-order chi connectivity index (χ1) is 7.25. The minimum atomic E-state index is 0.709. The molecule has 3 nitrogen and oxygen atoms in total. The van der Waals surface area contributed by atoms with Crippen LogP contribution in [-0.2, 0) is 4.74 Å². The summed E-state index contributed by atoms with van der Waals surface area (Å²) in [7, 11) is 0. The van der Waals surface area contributed by atoms with Crippen molar-refractivity contribution in [3.63, 3.8) is 0 Å². The van der Waals surface area contributed by atoms with E-state index >= 15 is 0 Å². The molecule has 15 heavy (non-hydrogen) atoms. The zero-order valence-corrected chi connectivity index (χ0v) is 10.5. The van der Waals surface area contributed by atoms with E-state index in [0.29, 0.717) is 6.04 Å². The molecule has 0 aromatic carbocycles. The van der Waals surface area contributed by atoms with Crippen molar-refractivity contribution in [2.75, 3.05) is 39.4 Å². The second-order valence-electron chi connectivity index (χ2n) is 4.60. The van der Waals surface area contributed by atoms with Gasteiger partial charge in [-0.1, -0.05) is 13.8 Å². The van der Waals surface area contributed by atoms with Gasteiger partial charge in [-0.15, -0.1) is 0 Å². The van der Waals surface area contributed by atoms with Crippen LogP contribution >= 0.6 is 0 Å². The molecule has 0 aliphatic carbocycles. The van der Waals surface area contributed by atoms with E-state index < -0.39 is 0 Å². The lowest BCUT2D eigenvalue weighted by atomic mass is 10.0. The van der Waals surface area contributed by atoms with Crippen molar-refractivity contribution < 1.29 is 4.74 Å². The summed E-state index contributed by atoms with van der Waals surface area (Å²) >= 11 is 0. The van der Waals surface area contributed by atoms with Gasteiger partial charge < -0.3 is 10.1 Å². The molecule has 1 saturated heterocycles. The summed E-state index contributed by atoms with van der Waals surface area (Å²) in [6, 6.07) is 0.709. The van der Waals surface area contributed by atoms with Crippen molar-refractivity contribution in [2.45, 2.75) is 33.2 Å². The Morgan fingerprint density at radius 1 is 1.47 bits per heavy atom. The first-order valence-electron chi connectivity index (χ1n) is 6.28. The second-order valence-corrected chi connectivity index (χ2v) is 4.60. The molecule has 0 saturated carbocycles. The molecule has 1 rings (SSSR count). The minimum Gasteiger partial charge on any atom is -0.382 e. The summed E-state index contributed by atoms with van der Waals surface area (Å²) in [5.41, 5.74) is 0. The Hall–Kier alpha value is -0.120. The maximum Gasteiger partial charge on any atom is 0.0478 e. The lowest BCUT2D eigenvalue weighted by Gasteiger charge is -2.38. The predicted octanol–water partition coefficient (Wildman–Crippen LogP) is 1.34. The average Bonchev–Trinajstić information content (AvgIpc) is 2.25. The van der Waals surface area contributed by atoms with Gasteiger partial charge in [-0.25, -0.2) is 0 Å². The topological polar surface area (TPSA) is 24.5 Å². The zero-order valence-electron chi connectivity index (χ0n) is 10.5. The minimum absolute atomic E-state index is 0.709. The molecular formula is C12H26N2O. The Morgan fingerprint density at radius 3 is 2.93 bits per heavy atom. The standard InChI is InChI=1S/C12H26N2O/c1-4-15-9-5-7-14-8-6-13-10-12(14)11(2)3/h11-13H,4-10H2,1-3H3. The Morgan fingerprint density at radius 2 is 2.27 bits per heavy atom. The van der Waals surface area contributed by atoms with Gasteiger partial charge in [0.25, 0.3) is 0 Å². The van der Waals surface area contributed by atoms with E-state index in [9.17, 15) is 0 Å². The molecule has 3 heteroatoms. The SMILES string of the molecule is CCOCCCN1CCNCC1C(C)C. The summed E-state index contributed by atoms with van der Waals surface area (Å²) in [4.78, 5) is 2.61. The van der Waals surface area contributed by atoms with Crippen LogP contribution < -0.4 is 5.32 Å². The molecule has 1 fully saturated rings. The number of hydrogen-bond donors (Lipinski definition) is 1. The normalized spacial score (nSPS) is 23.6. The van der Waals surface area contributed by atoms with Gasteiger partial charge in [0.15, 0.2) is 0 Å². The molecule has 1 heterocycles. The maximum absolute atomic E-state index is 5.38. The molecule has 0 radical (unpaired) electrons. The monoisotopic (exact) mass is 214 g/mol. The van der Waals surface area contributed by atoms with Crippen LogP contribution in [0, 0.1) is 5.92 Å². The highest BCUT2D eigenvalue weighted by molar-refractivity contribution is 4.81. The molecule has 1 N–H and O–H groups in total. The summed E-state index contributed by atoms with van der Waals surface area (Å²) < 4.78 is 5.38. The van der Waals surface area contributed by atoms with Crippen LogP contribution in [0.15, 0.2) is 0 Å². The smallest absolute Gasteiger partial charge is 0.0478 e. The van der Waals surface area contributed by atoms with Crippen LogP contribution in [-0.4, -0.2) is 50.3 Å². The van der Waals surface area contributed by atoms with Crippen LogP contribution in [0.2, 0.25) is 0 Å². The summed E-state index contributed by atoms with van der Waals surface area (Å²) in [6.07, 6.45) is 1.16. The molecule has 1 aliphatic rings. The van der Waals surface area contributed by atoms with Crippen molar-refractivity contribution in [1.82, 2.24) is 10.2 Å². The molecule has 0 aromatic rings. The molecule has 1 unspecified atom stereocenters. The van der Waals surface area contributed by atoms with Crippen LogP contribution in [0.25, 0.3) is 0 Å². The van der Waals surface area contributed by atoms with Gasteiger partial charge in [-0.05, 0) is 19.3 Å². The third-order valence-electron chi connectivity index (χ3n) is 3.11. The first-order valence-corrected chi connectivity index (χ1v) is 6.28. The van der Waals surface area contributed by atoms with Crippen LogP contribution in [0.5, 0.6) is 0 Å². The molecular weight excluding hydrogens is 188 g/mol. The molecule has 0 spiro atoms. The van der Waals surface area contributed by atoms with Crippen LogP contribution in [0.3, 0.4) is 0 Å². The fourth-order valence-corrected chi connectivity index (χ4v) is 2.22. The van der Waals surface area contributed by atoms with Gasteiger partial charge in [0.2, 0.25) is 0 Å². The largest absolute Gasteiger partial charge is 0.382 e. The van der Waals surface area contributed by atoms with Gasteiger partial charge in [-0.3, -0.25) is 4.90 Å². The summed E-state index contributed by atoms with van der Waals surface area (Å²) in [5.74, 6) is 0.741. The molecule has 0 bridgehead atoms. The van der Waals surface area contributed by atoms with Crippen molar-refractivity contribution >= 4 is 0 Å². The van der Waals surface area contributed by atoms with Crippen molar-refractivity contribution in [3.8, 4) is 0 Å². The quantitative estimate of drug-likeness (QED) is 0.675. The highest BCUT2D eigenvalue weighted by atomic mass is 16.5. The number of piperazine rings is 1. The molecule has 90 valence electrons. The van der Waals surface area contributed by atoms with E-state index in [0.717, 1.165) is 38.6 Å². The van der Waals surface area contributed by atoms with E-state index in [1.807, 2.05) is 0 Å². The number of nitrogens with zero attached hydrogens (tertiary/aromatic N) is 1. The molecule has 1 atom stereocenters. The van der Waals surface area contributed by atoms with Crippen molar-refractivity contribution in [2.24, 2.45) is 5.92 Å². The number of rotatable bonds is 6. The number of nitrogens with one attached hydrogen (secondary N) is 1. The fraction of sp³-hybridized carbons (Fsp3) is 1.00. The third kappa shape index (κ3) is 4.49. The summed E-state index contributed by atoms with van der Waals surface area (Å²) in [6.45, 7) is 13.1. The van der Waals surface area contributed by atoms with Crippen LogP contribution in [0.4, 0.5) is 0 Å². The van der Waals surface area contributed by atoms with Gasteiger partial charge in [0.05, 0.1) is 0 Å². The highest BCUT2D eigenvalue weighted by Gasteiger charge is 2.23. The predicted molar refractivity (Wildman–Crippen MR) is 64.2 cm³/mol. The summed E-state index contributed by atoms with van der Waals surface area (Å²) in [5, 5.41) is 3.47. The van der Waals surface area contributed by atoms with Crippen LogP contribution in [0.1, 0.15) is 27.2 Å². The Bertz CT molecular complexity index is 162. The molecule has 0 amide bonds. The molecule has 1 aliphatic heterocycles. The number of ether oxygens (including phenoxy) is 1. The van der Waals surface area contributed by atoms with E-state index in [1.54, 1.807) is 0 Å². The van der Waals surface area contributed by atoms with Crippen molar-refractivity contribution in [3.05, 3.63) is 0 Å². The Labute approximate surface area is 94.2 Å². The third-order valence-corrected chi connectivity index (χ3v) is 3.11. The van der Waals surface area contributed by atoms with Gasteiger partial charge in [0.1, 0.15) is 0 Å². The Kier molecular flexibility index (Phi) is 6.22. The number of hydrogen-bond acceptors (Lipinski definition) is 3. The van der Waals surface area contributed by atoms with Gasteiger partial charge >= 0.3 is 0 Å². The Balaban J connectivity index is 2.23. The first kappa shape index (κ1) is 12.9. The van der Waals surface area contributed by atoms with Crippen molar-refractivity contribution in [1.29, 1.82) is 0 Å². The average molecular weight is 214 g/mol. The van der Waals surface area contributed by atoms with E-state index in [1.165, 1.54) is 13.1 Å². The van der Waals surface area contributed by atoms with E-state index in [2.05, 4.69) is 31.0 Å². The maximum atomic E-state index is 5.38. The lowest BCUT2D eigenvalue weighted by molar-refractivity contribution is 0.0944. The molecule has 0 aromatic heterocycles. The second kappa shape index (κ2) is 7.20. The lowest BCUT2D eigenvalue weighted by Crippen LogP contribution is -2.53. The van der Waals surface area contributed by atoms with Gasteiger partial charge in [0, 0.05) is 45.4 Å². The van der Waals surface area contributed by atoms with E-state index in [-0.39, 0.29) is 0 Å². The fourth-order valence-electron chi connectivity index (χ4n) is 2.22. The van der Waals surface area contributed by atoms with E-state index in [4.69, 9.17) is 4.74 Å². The highest BCUT2D eigenvalue weighted by Crippen LogP contribution is 2.12.